The first-order chi connectivity index (χ1) is 17.5. The van der Waals surface area contributed by atoms with Crippen molar-refractivity contribution in [1.82, 2.24) is 10.7 Å². The van der Waals surface area contributed by atoms with Crippen molar-refractivity contribution in [2.24, 2.45) is 5.10 Å². The predicted molar refractivity (Wildman–Crippen MR) is 142 cm³/mol. The van der Waals surface area contributed by atoms with Crippen LogP contribution in [0.4, 0.5) is 0 Å². The number of phenols is 1. The molecule has 7 nitrogen and oxygen atoms in total. The Labute approximate surface area is 214 Å². The van der Waals surface area contributed by atoms with Crippen LogP contribution in [-0.4, -0.2) is 42.0 Å². The summed E-state index contributed by atoms with van der Waals surface area (Å²) in [6.07, 6.45) is 0.996. The largest absolute Gasteiger partial charge is 0.506 e. The number of hydrogen-bond acceptors (Lipinski definition) is 6. The van der Waals surface area contributed by atoms with Crippen LogP contribution in [0.3, 0.4) is 0 Å². The number of nitrogens with one attached hydrogen (secondary N) is 2. The minimum absolute atomic E-state index is 0.0916. The summed E-state index contributed by atoms with van der Waals surface area (Å²) in [6, 6.07) is 25.2. The zero-order valence-electron chi connectivity index (χ0n) is 19.4. The van der Waals surface area contributed by atoms with E-state index in [1.807, 2.05) is 66.7 Å². The number of phenolic OH excluding ortho intramolecular Hbond substituents is 1. The lowest BCUT2D eigenvalue weighted by Gasteiger charge is -2.14. The van der Waals surface area contributed by atoms with Gasteiger partial charge in [0.15, 0.2) is 0 Å². The van der Waals surface area contributed by atoms with Crippen LogP contribution in [0.5, 0.6) is 11.5 Å². The summed E-state index contributed by atoms with van der Waals surface area (Å²) in [6.45, 7) is 1.45. The minimum Gasteiger partial charge on any atom is -0.506 e. The Kier molecular flexibility index (Phi) is 8.52. The average Bonchev–Trinajstić information content (AvgIpc) is 2.91. The lowest BCUT2D eigenvalue weighted by Crippen LogP contribution is -2.26. The molecular weight excluding hydrogens is 478 g/mol. The van der Waals surface area contributed by atoms with Gasteiger partial charge in [0.2, 0.25) is 0 Å². The van der Waals surface area contributed by atoms with Crippen LogP contribution in [0.15, 0.2) is 90.0 Å². The molecule has 8 heteroatoms. The van der Waals surface area contributed by atoms with Crippen LogP contribution in [0.2, 0.25) is 5.02 Å². The predicted octanol–water partition coefficient (Wildman–Crippen LogP) is 4.66. The van der Waals surface area contributed by atoms with Crippen LogP contribution >= 0.6 is 11.6 Å². The molecule has 1 amide bonds. The van der Waals surface area contributed by atoms with Crippen molar-refractivity contribution in [3.05, 3.63) is 107 Å². The van der Waals surface area contributed by atoms with E-state index < -0.39 is 12.0 Å². The topological polar surface area (TPSA) is 103 Å². The number of carbonyl (C=O) groups excluding carboxylic acids is 1. The summed E-state index contributed by atoms with van der Waals surface area (Å²) >= 11 is 5.87. The number of benzene rings is 4. The number of aliphatic hydroxyl groups excluding tert-OH is 1. The van der Waals surface area contributed by atoms with E-state index in [0.29, 0.717) is 19.7 Å². The molecule has 0 aliphatic rings. The first-order valence-corrected chi connectivity index (χ1v) is 11.8. The molecule has 4 rings (SSSR count). The summed E-state index contributed by atoms with van der Waals surface area (Å²) in [5.74, 6) is 0.198. The second kappa shape index (κ2) is 12.2. The van der Waals surface area contributed by atoms with Crippen LogP contribution in [0.1, 0.15) is 27.6 Å². The van der Waals surface area contributed by atoms with E-state index in [2.05, 4.69) is 15.8 Å². The number of carbonyl (C=O) groups is 1. The zero-order chi connectivity index (χ0) is 25.3. The molecule has 184 valence electrons. The second-order valence-corrected chi connectivity index (χ2v) is 8.45. The molecule has 0 radical (unpaired) electrons. The van der Waals surface area contributed by atoms with Gasteiger partial charge in [0.25, 0.3) is 5.91 Å². The van der Waals surface area contributed by atoms with Gasteiger partial charge in [-0.2, -0.15) is 5.10 Å². The smallest absolute Gasteiger partial charge is 0.271 e. The summed E-state index contributed by atoms with van der Waals surface area (Å²) in [4.78, 5) is 12.3. The van der Waals surface area contributed by atoms with Gasteiger partial charge in [0, 0.05) is 29.6 Å². The third-order valence-electron chi connectivity index (χ3n) is 5.56. The number of aromatic hydroxyl groups is 1. The van der Waals surface area contributed by atoms with Gasteiger partial charge in [-0.3, -0.25) is 4.79 Å². The molecule has 1 unspecified atom stereocenters. The third kappa shape index (κ3) is 6.40. The highest BCUT2D eigenvalue weighted by Crippen LogP contribution is 2.28. The molecule has 0 saturated carbocycles. The van der Waals surface area contributed by atoms with Crippen molar-refractivity contribution in [1.29, 1.82) is 0 Å². The first kappa shape index (κ1) is 25.2. The summed E-state index contributed by atoms with van der Waals surface area (Å²) in [5, 5.41) is 29.0. The molecule has 0 aliphatic carbocycles. The lowest BCUT2D eigenvalue weighted by molar-refractivity contribution is 0.0955. The van der Waals surface area contributed by atoms with Gasteiger partial charge in [-0.1, -0.05) is 66.2 Å². The van der Waals surface area contributed by atoms with Gasteiger partial charge in [-0.15, -0.1) is 0 Å². The van der Waals surface area contributed by atoms with Crippen molar-refractivity contribution < 1.29 is 19.7 Å². The van der Waals surface area contributed by atoms with Gasteiger partial charge in [-0.25, -0.2) is 5.43 Å². The van der Waals surface area contributed by atoms with Gasteiger partial charge < -0.3 is 20.3 Å². The monoisotopic (exact) mass is 503 g/mol. The van der Waals surface area contributed by atoms with Crippen molar-refractivity contribution in [3.63, 3.8) is 0 Å². The summed E-state index contributed by atoms with van der Waals surface area (Å²) < 4.78 is 5.99. The number of ether oxygens (including phenoxy) is 1. The second-order valence-electron chi connectivity index (χ2n) is 8.04. The van der Waals surface area contributed by atoms with Crippen molar-refractivity contribution >= 4 is 34.5 Å². The molecule has 0 heterocycles. The van der Waals surface area contributed by atoms with E-state index in [4.69, 9.17) is 16.3 Å². The standard InChI is InChI=1S/C28H26ClN3O4/c29-24-16-20(10-12-25(24)33)28(35)32-31-17-21-11-13-27(23-9-5-4-8-22(21)23)36-15-14-30-18-26(34)19-6-2-1-3-7-19/h1-13,16-17,26,30,33-34H,14-15,18H2,(H,32,35)/b31-17+. The molecule has 4 N–H and O–H groups in total. The molecule has 0 aliphatic heterocycles. The average molecular weight is 504 g/mol. The Bertz CT molecular complexity index is 1360. The highest BCUT2D eigenvalue weighted by Gasteiger charge is 2.09. The fraction of sp³-hybridized carbons (Fsp3) is 0.143. The van der Waals surface area contributed by atoms with E-state index in [0.717, 1.165) is 27.6 Å². The maximum absolute atomic E-state index is 12.3. The van der Waals surface area contributed by atoms with E-state index in [1.165, 1.54) is 18.2 Å². The SMILES string of the molecule is O=C(N/N=C/c1ccc(OCCNCC(O)c2ccccc2)c2ccccc12)c1ccc(O)c(Cl)c1. The Morgan fingerprint density at radius 3 is 2.53 bits per heavy atom. The molecule has 1 atom stereocenters. The number of hydrazone groups is 1. The molecule has 0 aromatic heterocycles. The summed E-state index contributed by atoms with van der Waals surface area (Å²) in [7, 11) is 0. The number of hydrogen-bond donors (Lipinski definition) is 4. The Morgan fingerprint density at radius 1 is 1.00 bits per heavy atom. The van der Waals surface area contributed by atoms with Crippen molar-refractivity contribution in [3.8, 4) is 11.5 Å². The van der Waals surface area contributed by atoms with Gasteiger partial charge in [0.05, 0.1) is 17.3 Å². The Balaban J connectivity index is 1.34. The fourth-order valence-electron chi connectivity index (χ4n) is 3.67. The van der Waals surface area contributed by atoms with E-state index in [9.17, 15) is 15.0 Å². The number of aliphatic hydroxyl groups is 1. The first-order valence-electron chi connectivity index (χ1n) is 11.4. The lowest BCUT2D eigenvalue weighted by atomic mass is 10.0. The molecule has 0 spiro atoms. The number of fused-ring (bicyclic) bond motifs is 1. The van der Waals surface area contributed by atoms with Crippen LogP contribution in [0, 0.1) is 0 Å². The molecule has 0 fully saturated rings. The maximum Gasteiger partial charge on any atom is 0.271 e. The van der Waals surface area contributed by atoms with Gasteiger partial charge in [0.1, 0.15) is 18.1 Å². The summed E-state index contributed by atoms with van der Waals surface area (Å²) in [5.41, 5.74) is 4.44. The van der Waals surface area contributed by atoms with Crippen molar-refractivity contribution in [2.75, 3.05) is 19.7 Å². The normalized spacial score (nSPS) is 12.1. The third-order valence-corrected chi connectivity index (χ3v) is 5.86. The molecule has 4 aromatic rings. The molecule has 0 saturated heterocycles. The van der Waals surface area contributed by atoms with E-state index >= 15 is 0 Å². The number of nitrogens with zero attached hydrogens (tertiary/aromatic N) is 1. The minimum atomic E-state index is -0.572. The van der Waals surface area contributed by atoms with E-state index in [-0.39, 0.29) is 16.3 Å². The molecule has 36 heavy (non-hydrogen) atoms. The van der Waals surface area contributed by atoms with Crippen LogP contribution in [-0.2, 0) is 0 Å². The Morgan fingerprint density at radius 2 is 1.75 bits per heavy atom. The molecule has 0 bridgehead atoms. The van der Waals surface area contributed by atoms with Crippen LogP contribution < -0.4 is 15.5 Å². The highest BCUT2D eigenvalue weighted by molar-refractivity contribution is 6.32. The maximum atomic E-state index is 12.3. The number of amides is 1. The van der Waals surface area contributed by atoms with Gasteiger partial charge >= 0.3 is 0 Å². The van der Waals surface area contributed by atoms with Gasteiger partial charge in [-0.05, 0) is 41.3 Å². The molecular formula is C28H26ClN3O4. The molecule has 4 aromatic carbocycles. The van der Waals surface area contributed by atoms with E-state index in [1.54, 1.807) is 6.21 Å². The highest BCUT2D eigenvalue weighted by atomic mass is 35.5. The number of halogens is 1. The quantitative estimate of drug-likeness (QED) is 0.143. The van der Waals surface area contributed by atoms with Crippen molar-refractivity contribution in [2.45, 2.75) is 6.10 Å². The zero-order valence-corrected chi connectivity index (χ0v) is 20.2. The fourth-order valence-corrected chi connectivity index (χ4v) is 3.85. The number of rotatable bonds is 10. The van der Waals surface area contributed by atoms with Crippen LogP contribution in [0.25, 0.3) is 10.8 Å². The Hall–Kier alpha value is -3.91.